The molecule has 1 aliphatic heterocycles. The summed E-state index contributed by atoms with van der Waals surface area (Å²) in [7, 11) is 2.75. The zero-order valence-electron chi connectivity index (χ0n) is 15.1. The van der Waals surface area contributed by atoms with Crippen molar-refractivity contribution in [2.75, 3.05) is 14.2 Å². The van der Waals surface area contributed by atoms with E-state index in [1.54, 1.807) is 12.1 Å². The lowest BCUT2D eigenvalue weighted by molar-refractivity contribution is -0.143. The lowest BCUT2D eigenvalue weighted by Crippen LogP contribution is -2.45. The number of ether oxygens (including phenoxy) is 2. The number of H-pyrrole nitrogens is 1. The fraction of sp³-hybridized carbons (Fsp3) is 0.238. The summed E-state index contributed by atoms with van der Waals surface area (Å²) in [5.41, 5.74) is 4.45. The number of benzene rings is 2. The maximum Gasteiger partial charge on any atom is 0.337 e. The number of hydrogen-bond acceptors (Lipinski definition) is 5. The van der Waals surface area contributed by atoms with Crippen molar-refractivity contribution >= 4 is 22.8 Å². The summed E-state index contributed by atoms with van der Waals surface area (Å²) in [6, 6.07) is 14.5. The number of carbonyl (C=O) groups excluding carboxylic acids is 2. The Hall–Kier alpha value is -3.12. The van der Waals surface area contributed by atoms with Crippen LogP contribution in [0.15, 0.2) is 48.5 Å². The van der Waals surface area contributed by atoms with Gasteiger partial charge in [0.15, 0.2) is 0 Å². The van der Waals surface area contributed by atoms with Gasteiger partial charge in [-0.1, -0.05) is 30.3 Å². The number of carbonyl (C=O) groups is 2. The van der Waals surface area contributed by atoms with Gasteiger partial charge in [0.1, 0.15) is 6.04 Å². The smallest absolute Gasteiger partial charge is 0.337 e. The number of methoxy groups -OCH3 is 2. The van der Waals surface area contributed by atoms with Gasteiger partial charge in [-0.25, -0.2) is 4.79 Å². The van der Waals surface area contributed by atoms with Crippen molar-refractivity contribution in [3.05, 3.63) is 70.9 Å². The molecule has 0 fully saturated rings. The predicted molar refractivity (Wildman–Crippen MR) is 101 cm³/mol. The molecule has 3 aromatic rings. The van der Waals surface area contributed by atoms with Gasteiger partial charge in [0.2, 0.25) is 0 Å². The Balaban J connectivity index is 1.85. The molecule has 0 spiro atoms. The number of para-hydroxylation sites is 1. The molecule has 6 nitrogen and oxygen atoms in total. The van der Waals surface area contributed by atoms with Gasteiger partial charge in [-0.2, -0.15) is 0 Å². The zero-order chi connectivity index (χ0) is 19.0. The minimum absolute atomic E-state index is 0.269. The van der Waals surface area contributed by atoms with Crippen molar-refractivity contribution in [2.24, 2.45) is 0 Å². The highest BCUT2D eigenvalue weighted by Gasteiger charge is 2.34. The van der Waals surface area contributed by atoms with Gasteiger partial charge in [0.25, 0.3) is 0 Å². The number of aromatic amines is 1. The summed E-state index contributed by atoms with van der Waals surface area (Å²) in [4.78, 5) is 27.7. The third kappa shape index (κ3) is 2.98. The molecule has 0 amide bonds. The molecule has 2 N–H and O–H groups in total. The molecule has 138 valence electrons. The van der Waals surface area contributed by atoms with Gasteiger partial charge in [-0.15, -0.1) is 0 Å². The van der Waals surface area contributed by atoms with Crippen LogP contribution in [-0.4, -0.2) is 37.2 Å². The highest BCUT2D eigenvalue weighted by atomic mass is 16.5. The number of rotatable bonds is 3. The van der Waals surface area contributed by atoms with E-state index in [1.165, 1.54) is 14.2 Å². The number of hydrogen-bond donors (Lipinski definition) is 2. The Labute approximate surface area is 156 Å². The molecule has 4 rings (SSSR count). The molecule has 27 heavy (non-hydrogen) atoms. The Morgan fingerprint density at radius 2 is 1.85 bits per heavy atom. The van der Waals surface area contributed by atoms with E-state index in [9.17, 15) is 9.59 Å². The first-order chi connectivity index (χ1) is 13.1. The van der Waals surface area contributed by atoms with E-state index in [2.05, 4.69) is 10.3 Å². The second-order valence-electron chi connectivity index (χ2n) is 6.56. The normalized spacial score (nSPS) is 18.7. The molecule has 0 unspecified atom stereocenters. The molecule has 1 aliphatic rings. The minimum Gasteiger partial charge on any atom is -0.468 e. The average molecular weight is 364 g/mol. The maximum absolute atomic E-state index is 12.3. The third-order valence-corrected chi connectivity index (χ3v) is 5.04. The zero-order valence-corrected chi connectivity index (χ0v) is 15.1. The second-order valence-corrected chi connectivity index (χ2v) is 6.56. The van der Waals surface area contributed by atoms with Crippen LogP contribution in [0.2, 0.25) is 0 Å². The summed E-state index contributed by atoms with van der Waals surface area (Å²) >= 11 is 0. The van der Waals surface area contributed by atoms with Crippen LogP contribution >= 0.6 is 0 Å². The Morgan fingerprint density at radius 3 is 2.63 bits per heavy atom. The van der Waals surface area contributed by atoms with E-state index in [1.807, 2.05) is 36.4 Å². The molecule has 0 saturated heterocycles. The summed E-state index contributed by atoms with van der Waals surface area (Å²) in [5.74, 6) is -0.700. The van der Waals surface area contributed by atoms with Crippen molar-refractivity contribution in [1.29, 1.82) is 0 Å². The van der Waals surface area contributed by atoms with Crippen molar-refractivity contribution in [3.8, 4) is 0 Å². The first kappa shape index (κ1) is 17.3. The summed E-state index contributed by atoms with van der Waals surface area (Å²) in [6.07, 6.45) is 0.541. The average Bonchev–Trinajstić information content (AvgIpc) is 3.10. The number of fused-ring (bicyclic) bond motifs is 3. The van der Waals surface area contributed by atoms with Gasteiger partial charge in [0, 0.05) is 23.0 Å². The SMILES string of the molecule is COC(=O)c1cccc([C@H]2N[C@@H](C(=O)OC)Cc3c2[nH]c2ccccc32)c1. The van der Waals surface area contributed by atoms with Crippen molar-refractivity contribution in [3.63, 3.8) is 0 Å². The van der Waals surface area contributed by atoms with Crippen LogP contribution in [0.3, 0.4) is 0 Å². The van der Waals surface area contributed by atoms with Gasteiger partial charge in [-0.3, -0.25) is 10.1 Å². The van der Waals surface area contributed by atoms with Crippen LogP contribution in [0.1, 0.15) is 33.2 Å². The van der Waals surface area contributed by atoms with Crippen molar-refractivity contribution < 1.29 is 19.1 Å². The van der Waals surface area contributed by atoms with Gasteiger partial charge >= 0.3 is 11.9 Å². The van der Waals surface area contributed by atoms with E-state index >= 15 is 0 Å². The summed E-state index contributed by atoms with van der Waals surface area (Å²) < 4.78 is 9.80. The number of esters is 2. The van der Waals surface area contributed by atoms with Crippen LogP contribution in [0, 0.1) is 0 Å². The van der Waals surface area contributed by atoms with E-state index < -0.39 is 12.0 Å². The maximum atomic E-state index is 12.3. The van der Waals surface area contributed by atoms with E-state index in [0.29, 0.717) is 12.0 Å². The summed E-state index contributed by atoms with van der Waals surface area (Å²) in [5, 5.41) is 4.46. The molecule has 0 saturated carbocycles. The Morgan fingerprint density at radius 1 is 1.04 bits per heavy atom. The van der Waals surface area contributed by atoms with Gasteiger partial charge < -0.3 is 14.5 Å². The lowest BCUT2D eigenvalue weighted by atomic mass is 9.90. The Kier molecular flexibility index (Phi) is 4.41. The lowest BCUT2D eigenvalue weighted by Gasteiger charge is -2.30. The van der Waals surface area contributed by atoms with Gasteiger partial charge in [-0.05, 0) is 29.3 Å². The van der Waals surface area contributed by atoms with Crippen LogP contribution in [0.25, 0.3) is 10.9 Å². The summed E-state index contributed by atoms with van der Waals surface area (Å²) in [6.45, 7) is 0. The predicted octanol–water partition coefficient (Wildman–Crippen LogP) is 2.73. The van der Waals surface area contributed by atoms with Crippen LogP contribution in [0.5, 0.6) is 0 Å². The van der Waals surface area contributed by atoms with Crippen LogP contribution < -0.4 is 5.32 Å². The molecule has 2 atom stereocenters. The number of nitrogens with one attached hydrogen (secondary N) is 2. The fourth-order valence-electron chi connectivity index (χ4n) is 3.75. The van der Waals surface area contributed by atoms with Gasteiger partial charge in [0.05, 0.1) is 25.8 Å². The molecular formula is C21H20N2O4. The topological polar surface area (TPSA) is 80.4 Å². The molecule has 2 aromatic carbocycles. The molecule has 6 heteroatoms. The molecule has 2 heterocycles. The third-order valence-electron chi connectivity index (χ3n) is 5.04. The first-order valence-electron chi connectivity index (χ1n) is 8.74. The number of aromatic nitrogens is 1. The van der Waals surface area contributed by atoms with E-state index in [0.717, 1.165) is 27.7 Å². The quantitative estimate of drug-likeness (QED) is 0.699. The van der Waals surface area contributed by atoms with E-state index in [4.69, 9.17) is 9.47 Å². The molecule has 0 radical (unpaired) electrons. The first-order valence-corrected chi connectivity index (χ1v) is 8.74. The molecule has 1 aromatic heterocycles. The van der Waals surface area contributed by atoms with Crippen molar-refractivity contribution in [1.82, 2.24) is 10.3 Å². The monoisotopic (exact) mass is 364 g/mol. The molecular weight excluding hydrogens is 344 g/mol. The fourth-order valence-corrected chi connectivity index (χ4v) is 3.75. The van der Waals surface area contributed by atoms with Crippen molar-refractivity contribution in [2.45, 2.75) is 18.5 Å². The Bertz CT molecular complexity index is 1020. The molecule has 0 bridgehead atoms. The van der Waals surface area contributed by atoms with Crippen LogP contribution in [0.4, 0.5) is 0 Å². The standard InChI is InChI=1S/C21H20N2O4/c1-26-20(24)13-7-5-6-12(10-13)18-19-15(11-17(23-18)21(25)27-2)14-8-3-4-9-16(14)22-19/h3-10,17-18,22-23H,11H2,1-2H3/t17-,18-/m1/s1. The highest BCUT2D eigenvalue weighted by molar-refractivity contribution is 5.90. The second kappa shape index (κ2) is 6.89. The minimum atomic E-state index is -0.464. The van der Waals surface area contributed by atoms with Crippen LogP contribution in [-0.2, 0) is 20.7 Å². The molecule has 0 aliphatic carbocycles. The van der Waals surface area contributed by atoms with E-state index in [-0.39, 0.29) is 12.0 Å². The largest absolute Gasteiger partial charge is 0.468 e. The highest BCUT2D eigenvalue weighted by Crippen LogP contribution is 2.35.